The van der Waals surface area contributed by atoms with Crippen molar-refractivity contribution >= 4 is 29.5 Å². The number of halogens is 1. The standard InChI is InChI=1S/C9H13N3OS.ClH/c13-8(9-11-3-4-14-9)6-12-7-1-2-10-5-7;/h3-4,7,10,12H,1-2,5-6H2;1H/t7-;/m0./s1. The van der Waals surface area contributed by atoms with E-state index in [1.54, 1.807) is 6.20 Å². The molecule has 84 valence electrons. The summed E-state index contributed by atoms with van der Waals surface area (Å²) in [7, 11) is 0. The van der Waals surface area contributed by atoms with Gasteiger partial charge in [0.1, 0.15) is 0 Å². The van der Waals surface area contributed by atoms with Gasteiger partial charge < -0.3 is 10.6 Å². The van der Waals surface area contributed by atoms with Gasteiger partial charge in [0.15, 0.2) is 5.01 Å². The quantitative estimate of drug-likeness (QED) is 0.770. The zero-order valence-corrected chi connectivity index (χ0v) is 9.87. The van der Waals surface area contributed by atoms with Crippen molar-refractivity contribution < 1.29 is 4.79 Å². The van der Waals surface area contributed by atoms with E-state index < -0.39 is 0 Å². The number of nitrogens with one attached hydrogen (secondary N) is 2. The monoisotopic (exact) mass is 247 g/mol. The maximum atomic E-state index is 11.5. The summed E-state index contributed by atoms with van der Waals surface area (Å²) in [6, 6.07) is 0.443. The number of thiazole rings is 1. The van der Waals surface area contributed by atoms with E-state index in [0.29, 0.717) is 17.6 Å². The molecule has 6 heteroatoms. The number of rotatable bonds is 4. The molecule has 1 aromatic rings. The van der Waals surface area contributed by atoms with Gasteiger partial charge >= 0.3 is 0 Å². The highest BCUT2D eigenvalue weighted by Gasteiger charge is 2.15. The first kappa shape index (κ1) is 12.6. The number of hydrogen-bond donors (Lipinski definition) is 2. The number of aromatic nitrogens is 1. The smallest absolute Gasteiger partial charge is 0.205 e. The Kier molecular flexibility index (Phi) is 5.17. The number of nitrogens with zero attached hydrogens (tertiary/aromatic N) is 1. The van der Waals surface area contributed by atoms with Gasteiger partial charge in [0.25, 0.3) is 0 Å². The van der Waals surface area contributed by atoms with E-state index in [9.17, 15) is 4.79 Å². The molecule has 0 saturated carbocycles. The van der Waals surface area contributed by atoms with Gasteiger partial charge in [0, 0.05) is 24.2 Å². The van der Waals surface area contributed by atoms with E-state index in [2.05, 4.69) is 15.6 Å². The first-order valence-electron chi connectivity index (χ1n) is 4.73. The molecule has 1 fully saturated rings. The van der Waals surface area contributed by atoms with Crippen LogP contribution in [-0.2, 0) is 0 Å². The fourth-order valence-corrected chi connectivity index (χ4v) is 2.08. The van der Waals surface area contributed by atoms with Crippen LogP contribution in [0.4, 0.5) is 0 Å². The number of hydrogen-bond acceptors (Lipinski definition) is 5. The van der Waals surface area contributed by atoms with E-state index in [1.807, 2.05) is 5.38 Å². The summed E-state index contributed by atoms with van der Waals surface area (Å²) in [5.41, 5.74) is 0. The summed E-state index contributed by atoms with van der Waals surface area (Å²) in [6.45, 7) is 2.41. The van der Waals surface area contributed by atoms with E-state index >= 15 is 0 Å². The molecule has 2 rings (SSSR count). The van der Waals surface area contributed by atoms with Crippen molar-refractivity contribution in [2.24, 2.45) is 0 Å². The molecule has 0 aliphatic carbocycles. The van der Waals surface area contributed by atoms with Crippen LogP contribution in [0.1, 0.15) is 16.2 Å². The molecule has 0 radical (unpaired) electrons. The van der Waals surface area contributed by atoms with E-state index in [-0.39, 0.29) is 18.2 Å². The highest BCUT2D eigenvalue weighted by atomic mass is 35.5. The number of ketones is 1. The van der Waals surface area contributed by atoms with Crippen molar-refractivity contribution in [2.45, 2.75) is 12.5 Å². The predicted molar refractivity (Wildman–Crippen MR) is 63.0 cm³/mol. The molecule has 0 aromatic carbocycles. The largest absolute Gasteiger partial charge is 0.315 e. The van der Waals surface area contributed by atoms with Gasteiger partial charge in [-0.25, -0.2) is 4.98 Å². The van der Waals surface area contributed by atoms with Crippen molar-refractivity contribution in [1.29, 1.82) is 0 Å². The average Bonchev–Trinajstić information content (AvgIpc) is 2.87. The fraction of sp³-hybridized carbons (Fsp3) is 0.556. The molecule has 0 unspecified atom stereocenters. The SMILES string of the molecule is Cl.O=C(CN[C@H]1CCNC1)c1nccs1. The Morgan fingerprint density at radius 3 is 3.20 bits per heavy atom. The van der Waals surface area contributed by atoms with Gasteiger partial charge in [0.05, 0.1) is 6.54 Å². The number of carbonyl (C=O) groups excluding carboxylic acids is 1. The van der Waals surface area contributed by atoms with Crippen molar-refractivity contribution in [3.63, 3.8) is 0 Å². The second-order valence-corrected chi connectivity index (χ2v) is 4.23. The van der Waals surface area contributed by atoms with Crippen LogP contribution in [0.25, 0.3) is 0 Å². The minimum atomic E-state index is 0. The minimum Gasteiger partial charge on any atom is -0.315 e. The van der Waals surface area contributed by atoms with Gasteiger partial charge in [-0.1, -0.05) is 0 Å². The molecule has 0 bridgehead atoms. The van der Waals surface area contributed by atoms with Gasteiger partial charge in [0.2, 0.25) is 5.78 Å². The van der Waals surface area contributed by atoms with Gasteiger partial charge in [-0.05, 0) is 13.0 Å². The first-order valence-corrected chi connectivity index (χ1v) is 5.61. The van der Waals surface area contributed by atoms with Crippen LogP contribution < -0.4 is 10.6 Å². The molecule has 2 N–H and O–H groups in total. The topological polar surface area (TPSA) is 54.0 Å². The Bertz CT molecular complexity index is 298. The average molecular weight is 248 g/mol. The maximum Gasteiger partial charge on any atom is 0.205 e. The molecule has 1 atom stereocenters. The zero-order chi connectivity index (χ0) is 9.80. The molecule has 4 nitrogen and oxygen atoms in total. The second-order valence-electron chi connectivity index (χ2n) is 3.33. The Hall–Kier alpha value is -0.490. The molecule has 1 saturated heterocycles. The van der Waals surface area contributed by atoms with E-state index in [1.165, 1.54) is 11.3 Å². The van der Waals surface area contributed by atoms with Crippen LogP contribution in [0.15, 0.2) is 11.6 Å². The Morgan fingerprint density at radius 2 is 2.60 bits per heavy atom. The minimum absolute atomic E-state index is 0. The third kappa shape index (κ3) is 3.53. The van der Waals surface area contributed by atoms with Crippen molar-refractivity contribution in [3.8, 4) is 0 Å². The molecular formula is C9H14ClN3OS. The zero-order valence-electron chi connectivity index (χ0n) is 8.23. The Balaban J connectivity index is 0.00000112. The van der Waals surface area contributed by atoms with Crippen LogP contribution >= 0.6 is 23.7 Å². The highest BCUT2D eigenvalue weighted by molar-refractivity contribution is 7.11. The normalized spacial score (nSPS) is 19.9. The summed E-state index contributed by atoms with van der Waals surface area (Å²) >= 11 is 1.40. The first-order chi connectivity index (χ1) is 6.86. The molecule has 1 aliphatic heterocycles. The lowest BCUT2D eigenvalue weighted by atomic mass is 10.2. The summed E-state index contributed by atoms with van der Waals surface area (Å²) in [5.74, 6) is 0.0897. The molecule has 2 heterocycles. The molecule has 1 aliphatic rings. The number of carbonyl (C=O) groups is 1. The second kappa shape index (κ2) is 6.17. The van der Waals surface area contributed by atoms with E-state index in [4.69, 9.17) is 0 Å². The fourth-order valence-electron chi connectivity index (χ4n) is 1.50. The molecular weight excluding hydrogens is 234 g/mol. The van der Waals surface area contributed by atoms with Crippen LogP contribution in [0.3, 0.4) is 0 Å². The van der Waals surface area contributed by atoms with E-state index in [0.717, 1.165) is 19.5 Å². The lowest BCUT2D eigenvalue weighted by Crippen LogP contribution is -2.35. The predicted octanol–water partition coefficient (Wildman–Crippen LogP) is 0.699. The van der Waals surface area contributed by atoms with Gasteiger partial charge in [-0.15, -0.1) is 23.7 Å². The molecule has 0 amide bonds. The van der Waals surface area contributed by atoms with Crippen molar-refractivity contribution in [3.05, 3.63) is 16.6 Å². The summed E-state index contributed by atoms with van der Waals surface area (Å²) in [5, 5.41) is 8.89. The van der Waals surface area contributed by atoms with Gasteiger partial charge in [-0.2, -0.15) is 0 Å². The van der Waals surface area contributed by atoms with Crippen molar-refractivity contribution in [1.82, 2.24) is 15.6 Å². The van der Waals surface area contributed by atoms with Crippen LogP contribution in [0.5, 0.6) is 0 Å². The molecule has 1 aromatic heterocycles. The van der Waals surface area contributed by atoms with Crippen LogP contribution in [0.2, 0.25) is 0 Å². The summed E-state index contributed by atoms with van der Waals surface area (Å²) < 4.78 is 0. The van der Waals surface area contributed by atoms with Crippen molar-refractivity contribution in [2.75, 3.05) is 19.6 Å². The lowest BCUT2D eigenvalue weighted by Gasteiger charge is -2.08. The number of Topliss-reactive ketones (excluding diaryl/α,β-unsaturated/α-hetero) is 1. The van der Waals surface area contributed by atoms with Gasteiger partial charge in [-0.3, -0.25) is 4.79 Å². The summed E-state index contributed by atoms with van der Waals surface area (Å²) in [6.07, 6.45) is 2.76. The maximum absolute atomic E-state index is 11.5. The third-order valence-electron chi connectivity index (χ3n) is 2.28. The van der Waals surface area contributed by atoms with Crippen LogP contribution in [0, 0.1) is 0 Å². The van der Waals surface area contributed by atoms with Crippen LogP contribution in [-0.4, -0.2) is 36.4 Å². The highest BCUT2D eigenvalue weighted by Crippen LogP contribution is 2.04. The molecule has 0 spiro atoms. The molecule has 15 heavy (non-hydrogen) atoms. The summed E-state index contributed by atoms with van der Waals surface area (Å²) in [4.78, 5) is 15.5. The Labute approximate surface area is 98.9 Å². The lowest BCUT2D eigenvalue weighted by molar-refractivity contribution is 0.0987. The Morgan fingerprint density at radius 1 is 1.73 bits per heavy atom. The third-order valence-corrected chi connectivity index (χ3v) is 3.10.